The molecule has 1 saturated heterocycles. The average Bonchev–Trinajstić information content (AvgIpc) is 3.15. The monoisotopic (exact) mass is 789 g/mol. The third kappa shape index (κ3) is 10.2. The molecule has 2 heterocycles. The van der Waals surface area contributed by atoms with Crippen molar-refractivity contribution < 1.29 is 58.4 Å². The Morgan fingerprint density at radius 3 is 2.05 bits per heavy atom. The molecule has 1 aliphatic carbocycles. The second kappa shape index (κ2) is 18.3. The van der Waals surface area contributed by atoms with Crippen molar-refractivity contribution >= 4 is 23.6 Å². The topological polar surface area (TPSA) is 315 Å². The second-order valence-corrected chi connectivity index (χ2v) is 14.1. The van der Waals surface area contributed by atoms with Gasteiger partial charge < -0.3 is 66.4 Å². The van der Waals surface area contributed by atoms with Gasteiger partial charge in [0.25, 0.3) is 11.4 Å². The molecule has 3 aliphatic rings. The molecule has 2 aromatic carbocycles. The molecule has 2 aliphatic heterocycles. The quantitative estimate of drug-likeness (QED) is 0.0991. The van der Waals surface area contributed by atoms with Crippen LogP contribution in [0.5, 0.6) is 0 Å². The van der Waals surface area contributed by atoms with E-state index in [9.17, 15) is 45.1 Å². The number of carbonyl (C=O) groups is 2. The molecule has 2 aromatic rings. The van der Waals surface area contributed by atoms with Crippen LogP contribution in [0.15, 0.2) is 60.4 Å². The van der Waals surface area contributed by atoms with Crippen LogP contribution in [-0.4, -0.2) is 118 Å². The maximum absolute atomic E-state index is 13.1. The number of nitrogens with one attached hydrogen (secondary N) is 3. The van der Waals surface area contributed by atoms with Gasteiger partial charge in [0.2, 0.25) is 0 Å². The number of likely N-dealkylation sites (N-methyl/N-ethyl adjacent to an activating group) is 1. The van der Waals surface area contributed by atoms with Gasteiger partial charge in [0, 0.05) is 42.3 Å². The predicted octanol–water partition coefficient (Wildman–Crippen LogP) is 0.174. The lowest BCUT2D eigenvalue weighted by molar-refractivity contribution is -0.385. The fraction of sp³-hybridized carbons (Fsp3) is 0.543. The molecular weight excluding hydrogens is 742 g/mol. The van der Waals surface area contributed by atoms with E-state index < -0.39 is 88.4 Å². The zero-order chi connectivity index (χ0) is 40.7. The van der Waals surface area contributed by atoms with Crippen LogP contribution in [-0.2, 0) is 36.9 Å². The first-order valence-electron chi connectivity index (χ1n) is 17.8. The van der Waals surface area contributed by atoms with E-state index in [1.165, 1.54) is 55.5 Å². The Morgan fingerprint density at radius 1 is 0.929 bits per heavy atom. The summed E-state index contributed by atoms with van der Waals surface area (Å²) in [6.07, 6.45) is -6.11. The lowest BCUT2D eigenvalue weighted by Gasteiger charge is -2.50. The van der Waals surface area contributed by atoms with Crippen LogP contribution in [0.3, 0.4) is 0 Å². The number of aliphatic hydroxyl groups excluding tert-OH is 2. The number of hydrogen-bond acceptors (Lipinski definition) is 17. The molecule has 1 unspecified atom stereocenters. The molecule has 0 spiro atoms. The van der Waals surface area contributed by atoms with E-state index in [1.54, 1.807) is 13.1 Å². The molecule has 2 fully saturated rings. The first kappa shape index (κ1) is 42.1. The molecule has 2 amide bonds. The van der Waals surface area contributed by atoms with Crippen LogP contribution < -0.4 is 27.4 Å². The summed E-state index contributed by atoms with van der Waals surface area (Å²) in [5.41, 5.74) is 12.4. The van der Waals surface area contributed by atoms with Gasteiger partial charge in [-0.2, -0.15) is 0 Å². The van der Waals surface area contributed by atoms with Crippen LogP contribution in [0, 0.1) is 26.1 Å². The summed E-state index contributed by atoms with van der Waals surface area (Å²) in [5.74, 6) is -0.710. The van der Waals surface area contributed by atoms with Gasteiger partial charge in [0.1, 0.15) is 42.9 Å². The number of nitrogens with zero attached hydrogens (tertiary/aromatic N) is 2. The highest BCUT2D eigenvalue weighted by atomic mass is 16.7. The Kier molecular flexibility index (Phi) is 13.8. The molecule has 21 heteroatoms. The summed E-state index contributed by atoms with van der Waals surface area (Å²) < 4.78 is 28.7. The molecule has 0 bridgehead atoms. The van der Waals surface area contributed by atoms with Crippen LogP contribution in [0.25, 0.3) is 0 Å². The van der Waals surface area contributed by atoms with E-state index in [1.807, 2.05) is 0 Å². The van der Waals surface area contributed by atoms with E-state index in [-0.39, 0.29) is 56.3 Å². The van der Waals surface area contributed by atoms with Crippen molar-refractivity contribution in [3.05, 3.63) is 91.7 Å². The molecule has 56 heavy (non-hydrogen) atoms. The Bertz CT molecular complexity index is 1730. The summed E-state index contributed by atoms with van der Waals surface area (Å²) in [6.45, 7) is 0.746. The fourth-order valence-corrected chi connectivity index (χ4v) is 7.10. The van der Waals surface area contributed by atoms with Gasteiger partial charge in [-0.1, -0.05) is 0 Å². The van der Waals surface area contributed by atoms with E-state index in [0.29, 0.717) is 11.1 Å². The highest BCUT2D eigenvalue weighted by Gasteiger charge is 2.53. The van der Waals surface area contributed by atoms with Crippen molar-refractivity contribution in [2.75, 3.05) is 20.2 Å². The molecule has 5 rings (SSSR count). The predicted molar refractivity (Wildman–Crippen MR) is 193 cm³/mol. The number of nitrogens with two attached hydrogens (primary N) is 2. The Labute approximate surface area is 320 Å². The molecule has 0 radical (unpaired) electrons. The summed E-state index contributed by atoms with van der Waals surface area (Å²) in [6, 6.07) is 7.62. The Morgan fingerprint density at radius 2 is 1.50 bits per heavy atom. The molecule has 21 nitrogen and oxygen atoms in total. The van der Waals surface area contributed by atoms with Crippen LogP contribution in [0.2, 0.25) is 0 Å². The van der Waals surface area contributed by atoms with Gasteiger partial charge in [0.05, 0.1) is 41.2 Å². The summed E-state index contributed by atoms with van der Waals surface area (Å²) >= 11 is 0. The smallest absolute Gasteiger partial charge is 0.407 e. The first-order valence-corrected chi connectivity index (χ1v) is 17.8. The van der Waals surface area contributed by atoms with Gasteiger partial charge in [-0.15, -0.1) is 0 Å². The summed E-state index contributed by atoms with van der Waals surface area (Å²) in [4.78, 5) is 46.5. The highest BCUT2D eigenvalue weighted by Crippen LogP contribution is 2.36. The number of alkyl carbamates (subject to hydrolysis) is 2. The zero-order valence-corrected chi connectivity index (χ0v) is 30.6. The number of amides is 2. The van der Waals surface area contributed by atoms with Crippen LogP contribution in [0.1, 0.15) is 30.9 Å². The van der Waals surface area contributed by atoms with Crippen molar-refractivity contribution in [1.29, 1.82) is 0 Å². The van der Waals surface area contributed by atoms with Gasteiger partial charge >= 0.3 is 12.2 Å². The number of nitro benzene ring substituents is 2. The zero-order valence-electron chi connectivity index (χ0n) is 30.6. The third-order valence-corrected chi connectivity index (χ3v) is 10.0. The van der Waals surface area contributed by atoms with Crippen molar-refractivity contribution in [2.24, 2.45) is 17.4 Å². The molecule has 10 N–H and O–H groups in total. The standard InChI is InChI=1S/C35H47N7O14/c1-35(47)17-54-32(28(44)31(35)38-2)56-29-24(37)13-23(36)26(27(29)43)30-25(40-34(46)53-16-19-5-9-21(10-6-19)42(50)51)12-11-22(55-30)14-39-33(45)52-15-18-3-7-20(8-4-18)41(48)49/h3-11,23-32,38,43-44,47H,12-17,36-37H2,1-2H3,(H,39,45)(H,40,46)/t23-,24+,25+,26?,27-,28+,29-,30-,31+,32+,35-/m0/s1. The van der Waals surface area contributed by atoms with Crippen molar-refractivity contribution in [2.45, 2.75) is 93.5 Å². The van der Waals surface area contributed by atoms with Crippen LogP contribution in [0.4, 0.5) is 21.0 Å². The van der Waals surface area contributed by atoms with E-state index >= 15 is 0 Å². The Hall–Kier alpha value is -5.00. The van der Waals surface area contributed by atoms with Gasteiger partial charge in [-0.05, 0) is 68.3 Å². The van der Waals surface area contributed by atoms with E-state index in [0.717, 1.165) is 0 Å². The number of benzene rings is 2. The number of hydrogen-bond donors (Lipinski definition) is 8. The van der Waals surface area contributed by atoms with Crippen molar-refractivity contribution in [3.63, 3.8) is 0 Å². The third-order valence-electron chi connectivity index (χ3n) is 10.0. The van der Waals surface area contributed by atoms with Crippen LogP contribution >= 0.6 is 0 Å². The van der Waals surface area contributed by atoms with E-state index in [2.05, 4.69) is 16.0 Å². The number of rotatable bonds is 13. The first-order chi connectivity index (χ1) is 26.6. The average molecular weight is 790 g/mol. The molecular formula is C35H47N7O14. The number of carbonyl (C=O) groups excluding carboxylic acids is 2. The molecule has 0 aromatic heterocycles. The van der Waals surface area contributed by atoms with Gasteiger partial charge in [-0.25, -0.2) is 9.59 Å². The Balaban J connectivity index is 1.28. The maximum atomic E-state index is 13.1. The largest absolute Gasteiger partial charge is 0.491 e. The fourth-order valence-electron chi connectivity index (χ4n) is 7.10. The molecule has 306 valence electrons. The van der Waals surface area contributed by atoms with Crippen molar-refractivity contribution in [1.82, 2.24) is 16.0 Å². The molecule has 1 saturated carbocycles. The number of non-ortho nitro benzene ring substituents is 2. The van der Waals surface area contributed by atoms with Crippen molar-refractivity contribution in [3.8, 4) is 0 Å². The number of nitro groups is 2. The normalized spacial score (nSPS) is 31.6. The second-order valence-electron chi connectivity index (χ2n) is 14.1. The lowest BCUT2D eigenvalue weighted by Crippen LogP contribution is -2.69. The SMILES string of the molecule is CN[C@@H]1[C@@H](O)[C@@H](O[C@H]2[C@H](N)C[C@H](N)C([C@H]3OC(CNC(=O)OCc4ccc([N+](=O)[O-])cc4)=CC[C@H]3NC(=O)OCc3ccc([N+](=O)[O-])cc3)[C@@H]2O)OC[C@]1(C)O. The maximum Gasteiger partial charge on any atom is 0.407 e. The van der Waals surface area contributed by atoms with Gasteiger partial charge in [0.15, 0.2) is 6.29 Å². The number of aliphatic hydroxyl groups is 3. The summed E-state index contributed by atoms with van der Waals surface area (Å²) in [5, 5.41) is 63.6. The highest BCUT2D eigenvalue weighted by molar-refractivity contribution is 5.68. The van der Waals surface area contributed by atoms with E-state index in [4.69, 9.17) is 35.2 Å². The summed E-state index contributed by atoms with van der Waals surface area (Å²) in [7, 11) is 1.56. The molecule has 11 atom stereocenters. The minimum atomic E-state index is -1.44. The number of ether oxygens (including phenoxy) is 5. The lowest BCUT2D eigenvalue weighted by atomic mass is 9.72. The minimum Gasteiger partial charge on any atom is -0.491 e. The minimum absolute atomic E-state index is 0.112. The van der Waals surface area contributed by atoms with Gasteiger partial charge in [-0.3, -0.25) is 20.2 Å².